The zero-order valence-electron chi connectivity index (χ0n) is 15.6. The Morgan fingerprint density at radius 3 is 2.48 bits per heavy atom. The van der Waals surface area contributed by atoms with Crippen LogP contribution in [0.5, 0.6) is 0 Å². The van der Waals surface area contributed by atoms with E-state index in [0.717, 1.165) is 43.2 Å². The number of amides is 1. The standard InChI is InChI=1S/C21H31NO3/c1-4-14(2)19(13-23)22-21(25)15(3)17-10-8-16(9-11-17)12-18-6-5-7-20(18)24/h8-11,14-15,18-19,23H,4-7,12-13H2,1-3H3,(H,22,25)/t14-,15+,18-,19-/m0/s1. The van der Waals surface area contributed by atoms with E-state index in [1.54, 1.807) is 0 Å². The monoisotopic (exact) mass is 345 g/mol. The maximum absolute atomic E-state index is 12.5. The molecule has 1 saturated carbocycles. The quantitative estimate of drug-likeness (QED) is 0.760. The van der Waals surface area contributed by atoms with Crippen molar-refractivity contribution in [3.8, 4) is 0 Å². The van der Waals surface area contributed by atoms with E-state index < -0.39 is 0 Å². The minimum Gasteiger partial charge on any atom is -0.394 e. The first kappa shape index (κ1) is 19.6. The van der Waals surface area contributed by atoms with Gasteiger partial charge < -0.3 is 10.4 Å². The van der Waals surface area contributed by atoms with Gasteiger partial charge in [-0.05, 0) is 43.2 Å². The third kappa shape index (κ3) is 5.15. The number of carbonyl (C=O) groups excluding carboxylic acids is 2. The van der Waals surface area contributed by atoms with Gasteiger partial charge in [0.05, 0.1) is 18.6 Å². The van der Waals surface area contributed by atoms with Crippen molar-refractivity contribution in [2.45, 2.75) is 64.8 Å². The van der Waals surface area contributed by atoms with Gasteiger partial charge in [0.1, 0.15) is 5.78 Å². The molecule has 0 unspecified atom stereocenters. The van der Waals surface area contributed by atoms with Gasteiger partial charge in [-0.15, -0.1) is 0 Å². The number of aliphatic hydroxyl groups is 1. The fourth-order valence-corrected chi connectivity index (χ4v) is 3.44. The molecule has 0 spiro atoms. The van der Waals surface area contributed by atoms with E-state index in [9.17, 15) is 14.7 Å². The van der Waals surface area contributed by atoms with Gasteiger partial charge in [0.15, 0.2) is 0 Å². The van der Waals surface area contributed by atoms with Crippen LogP contribution in [0.4, 0.5) is 0 Å². The fraction of sp³-hybridized carbons (Fsp3) is 0.619. The Kier molecular flexibility index (Phi) is 7.18. The smallest absolute Gasteiger partial charge is 0.227 e. The van der Waals surface area contributed by atoms with Crippen LogP contribution in [0.2, 0.25) is 0 Å². The lowest BCUT2D eigenvalue weighted by Crippen LogP contribution is -2.43. The van der Waals surface area contributed by atoms with Crippen molar-refractivity contribution in [1.82, 2.24) is 5.32 Å². The first-order valence-electron chi connectivity index (χ1n) is 9.49. The highest BCUT2D eigenvalue weighted by molar-refractivity contribution is 5.84. The number of ketones is 1. The average molecular weight is 345 g/mol. The lowest BCUT2D eigenvalue weighted by Gasteiger charge is -2.24. The Morgan fingerprint density at radius 1 is 1.28 bits per heavy atom. The number of nitrogens with one attached hydrogen (secondary N) is 1. The van der Waals surface area contributed by atoms with Crippen molar-refractivity contribution in [2.24, 2.45) is 11.8 Å². The summed E-state index contributed by atoms with van der Waals surface area (Å²) in [5, 5.41) is 12.4. The highest BCUT2D eigenvalue weighted by atomic mass is 16.3. The highest BCUT2D eigenvalue weighted by Crippen LogP contribution is 2.26. The zero-order chi connectivity index (χ0) is 18.4. The molecule has 0 aliphatic heterocycles. The van der Waals surface area contributed by atoms with Crippen LogP contribution in [0.3, 0.4) is 0 Å². The molecule has 4 heteroatoms. The van der Waals surface area contributed by atoms with E-state index in [1.165, 1.54) is 0 Å². The summed E-state index contributed by atoms with van der Waals surface area (Å²) in [5.74, 6) is 0.482. The Labute approximate surface area is 151 Å². The molecule has 1 aromatic rings. The largest absolute Gasteiger partial charge is 0.394 e. The second-order valence-electron chi connectivity index (χ2n) is 7.41. The summed E-state index contributed by atoms with van der Waals surface area (Å²) < 4.78 is 0. The van der Waals surface area contributed by atoms with Crippen molar-refractivity contribution in [3.05, 3.63) is 35.4 Å². The third-order valence-corrected chi connectivity index (χ3v) is 5.64. The SMILES string of the molecule is CC[C@H](C)[C@H](CO)NC(=O)[C@H](C)c1ccc(C[C@@H]2CCCC2=O)cc1. The number of hydrogen-bond acceptors (Lipinski definition) is 3. The van der Waals surface area contributed by atoms with Crippen LogP contribution in [-0.2, 0) is 16.0 Å². The third-order valence-electron chi connectivity index (χ3n) is 5.64. The molecule has 1 amide bonds. The second kappa shape index (κ2) is 9.14. The van der Waals surface area contributed by atoms with Gasteiger partial charge in [-0.2, -0.15) is 0 Å². The normalized spacial score (nSPS) is 21.0. The number of carbonyl (C=O) groups is 2. The van der Waals surface area contributed by atoms with Crippen molar-refractivity contribution in [3.63, 3.8) is 0 Å². The molecule has 2 rings (SSSR count). The number of benzene rings is 1. The summed E-state index contributed by atoms with van der Waals surface area (Å²) in [4.78, 5) is 24.3. The van der Waals surface area contributed by atoms with E-state index >= 15 is 0 Å². The number of aliphatic hydroxyl groups excluding tert-OH is 1. The summed E-state index contributed by atoms with van der Waals surface area (Å²) >= 11 is 0. The van der Waals surface area contributed by atoms with Crippen molar-refractivity contribution in [1.29, 1.82) is 0 Å². The summed E-state index contributed by atoms with van der Waals surface area (Å²) in [6, 6.07) is 7.82. The van der Waals surface area contributed by atoms with Crippen molar-refractivity contribution < 1.29 is 14.7 Å². The molecule has 1 aliphatic rings. The van der Waals surface area contributed by atoms with E-state index in [4.69, 9.17) is 0 Å². The molecule has 1 aliphatic carbocycles. The molecule has 4 nitrogen and oxygen atoms in total. The molecule has 1 aromatic carbocycles. The molecule has 1 fully saturated rings. The van der Waals surface area contributed by atoms with Crippen LogP contribution in [0, 0.1) is 11.8 Å². The lowest BCUT2D eigenvalue weighted by atomic mass is 9.93. The van der Waals surface area contributed by atoms with Gasteiger partial charge in [0, 0.05) is 12.3 Å². The van der Waals surface area contributed by atoms with Gasteiger partial charge in [-0.3, -0.25) is 9.59 Å². The predicted octanol–water partition coefficient (Wildman–Crippen LogP) is 3.23. The molecule has 0 radical (unpaired) electrons. The van der Waals surface area contributed by atoms with Crippen molar-refractivity contribution in [2.75, 3.05) is 6.61 Å². The maximum atomic E-state index is 12.5. The van der Waals surface area contributed by atoms with E-state index in [2.05, 4.69) is 12.2 Å². The van der Waals surface area contributed by atoms with Crippen LogP contribution in [0.15, 0.2) is 24.3 Å². The van der Waals surface area contributed by atoms with Gasteiger partial charge in [0.2, 0.25) is 5.91 Å². The Balaban J connectivity index is 1.95. The fourth-order valence-electron chi connectivity index (χ4n) is 3.44. The highest BCUT2D eigenvalue weighted by Gasteiger charge is 2.25. The molecule has 0 bridgehead atoms. The van der Waals surface area contributed by atoms with Crippen LogP contribution in [-0.4, -0.2) is 29.4 Å². The van der Waals surface area contributed by atoms with E-state index in [-0.39, 0.29) is 36.3 Å². The first-order chi connectivity index (χ1) is 12.0. The predicted molar refractivity (Wildman–Crippen MR) is 99.4 cm³/mol. The molecule has 0 saturated heterocycles. The minimum atomic E-state index is -0.264. The topological polar surface area (TPSA) is 66.4 Å². The Hall–Kier alpha value is -1.68. The number of rotatable bonds is 8. The summed E-state index contributed by atoms with van der Waals surface area (Å²) in [6.45, 7) is 5.93. The second-order valence-corrected chi connectivity index (χ2v) is 7.41. The molecular formula is C21H31NO3. The summed E-state index contributed by atoms with van der Waals surface area (Å²) in [7, 11) is 0. The van der Waals surface area contributed by atoms with Gasteiger partial charge in [-0.25, -0.2) is 0 Å². The molecule has 25 heavy (non-hydrogen) atoms. The van der Waals surface area contributed by atoms with Gasteiger partial charge in [0.25, 0.3) is 0 Å². The zero-order valence-corrected chi connectivity index (χ0v) is 15.6. The Morgan fingerprint density at radius 2 is 1.96 bits per heavy atom. The van der Waals surface area contributed by atoms with E-state index in [0.29, 0.717) is 5.78 Å². The summed E-state index contributed by atoms with van der Waals surface area (Å²) in [6.07, 6.45) is 4.45. The van der Waals surface area contributed by atoms with Crippen LogP contribution >= 0.6 is 0 Å². The van der Waals surface area contributed by atoms with Crippen LogP contribution in [0.25, 0.3) is 0 Å². The van der Waals surface area contributed by atoms with Crippen molar-refractivity contribution >= 4 is 11.7 Å². The first-order valence-corrected chi connectivity index (χ1v) is 9.49. The minimum absolute atomic E-state index is 0.0399. The van der Waals surface area contributed by atoms with Gasteiger partial charge in [-0.1, -0.05) is 44.5 Å². The van der Waals surface area contributed by atoms with Crippen LogP contribution in [0.1, 0.15) is 63.5 Å². The molecule has 4 atom stereocenters. The van der Waals surface area contributed by atoms with Gasteiger partial charge >= 0.3 is 0 Å². The number of Topliss-reactive ketones (excluding diaryl/α,β-unsaturated/α-hetero) is 1. The average Bonchev–Trinajstić information content (AvgIpc) is 3.03. The molecular weight excluding hydrogens is 314 g/mol. The molecule has 0 heterocycles. The molecule has 2 N–H and O–H groups in total. The molecule has 138 valence electrons. The molecule has 0 aromatic heterocycles. The maximum Gasteiger partial charge on any atom is 0.227 e. The summed E-state index contributed by atoms with van der Waals surface area (Å²) in [5.41, 5.74) is 2.12. The van der Waals surface area contributed by atoms with Crippen LogP contribution < -0.4 is 5.32 Å². The van der Waals surface area contributed by atoms with E-state index in [1.807, 2.05) is 38.1 Å². The lowest BCUT2D eigenvalue weighted by molar-refractivity contribution is -0.123. The Bertz CT molecular complexity index is 581. The number of hydrogen-bond donors (Lipinski definition) is 2.